The summed E-state index contributed by atoms with van der Waals surface area (Å²) in [6, 6.07) is 14.4. The Morgan fingerprint density at radius 1 is 1.15 bits per heavy atom. The number of aryl methyl sites for hydroxylation is 1. The average Bonchev–Trinajstić information content (AvgIpc) is 2.61. The van der Waals surface area contributed by atoms with Gasteiger partial charge in [-0.05, 0) is 56.2 Å². The van der Waals surface area contributed by atoms with Gasteiger partial charge in [0, 0.05) is 17.1 Å². The number of benzene rings is 2. The van der Waals surface area contributed by atoms with Gasteiger partial charge in [0.05, 0.1) is 6.61 Å². The van der Waals surface area contributed by atoms with Crippen LogP contribution in [0.4, 0.5) is 5.69 Å². The summed E-state index contributed by atoms with van der Waals surface area (Å²) >= 11 is 5.90. The smallest absolute Gasteiger partial charge is 0.306 e. The van der Waals surface area contributed by atoms with Gasteiger partial charge in [0.2, 0.25) is 0 Å². The van der Waals surface area contributed by atoms with Crippen molar-refractivity contribution < 1.29 is 19.1 Å². The third-order valence-electron chi connectivity index (χ3n) is 3.64. The second-order valence-corrected chi connectivity index (χ2v) is 6.29. The Kier molecular flexibility index (Phi) is 7.48. The van der Waals surface area contributed by atoms with Gasteiger partial charge in [0.15, 0.2) is 6.10 Å². The highest BCUT2D eigenvalue weighted by Crippen LogP contribution is 2.22. The zero-order valence-corrected chi connectivity index (χ0v) is 15.6. The molecule has 0 saturated carbocycles. The van der Waals surface area contributed by atoms with Gasteiger partial charge in [-0.15, -0.1) is 0 Å². The molecule has 0 saturated heterocycles. The number of nitrogens with one attached hydrogen (secondary N) is 1. The van der Waals surface area contributed by atoms with Gasteiger partial charge in [-0.2, -0.15) is 0 Å². The third kappa shape index (κ3) is 6.41. The minimum atomic E-state index is -0.859. The number of hydrogen-bond donors (Lipinski definition) is 1. The highest BCUT2D eigenvalue weighted by Gasteiger charge is 2.17. The molecule has 2 aromatic carbocycles. The number of esters is 1. The quantitative estimate of drug-likeness (QED) is 0.549. The van der Waals surface area contributed by atoms with Crippen LogP contribution in [0.5, 0.6) is 5.75 Å². The summed E-state index contributed by atoms with van der Waals surface area (Å²) in [5, 5.41) is 3.35. The molecule has 0 aromatic heterocycles. The van der Waals surface area contributed by atoms with E-state index in [1.807, 2.05) is 31.2 Å². The molecule has 0 aliphatic carbocycles. The summed E-state index contributed by atoms with van der Waals surface area (Å²) in [7, 11) is 0. The minimum absolute atomic E-state index is 0.176. The van der Waals surface area contributed by atoms with Gasteiger partial charge < -0.3 is 14.8 Å². The first-order valence-electron chi connectivity index (χ1n) is 8.40. The molecule has 2 rings (SSSR count). The van der Waals surface area contributed by atoms with Crippen LogP contribution >= 0.6 is 11.6 Å². The Labute approximate surface area is 158 Å². The topological polar surface area (TPSA) is 64.6 Å². The normalized spacial score (nSPS) is 11.5. The van der Waals surface area contributed by atoms with E-state index in [1.54, 1.807) is 31.2 Å². The number of carbonyl (C=O) groups is 2. The van der Waals surface area contributed by atoms with Gasteiger partial charge in [0.1, 0.15) is 5.75 Å². The van der Waals surface area contributed by atoms with Crippen LogP contribution in [0.25, 0.3) is 0 Å². The van der Waals surface area contributed by atoms with E-state index in [2.05, 4.69) is 5.32 Å². The lowest BCUT2D eigenvalue weighted by atomic mass is 10.2. The van der Waals surface area contributed by atoms with Crippen molar-refractivity contribution >= 4 is 29.2 Å². The first-order valence-corrected chi connectivity index (χ1v) is 8.78. The van der Waals surface area contributed by atoms with Crippen LogP contribution in [0, 0.1) is 6.92 Å². The lowest BCUT2D eigenvalue weighted by Gasteiger charge is -2.14. The van der Waals surface area contributed by atoms with Crippen molar-refractivity contribution in [3.63, 3.8) is 0 Å². The molecule has 0 heterocycles. The molecule has 0 aliphatic rings. The van der Waals surface area contributed by atoms with Gasteiger partial charge in [-0.3, -0.25) is 9.59 Å². The summed E-state index contributed by atoms with van der Waals surface area (Å²) < 4.78 is 10.8. The number of ether oxygens (including phenoxy) is 2. The second kappa shape index (κ2) is 9.82. The Morgan fingerprint density at radius 2 is 1.88 bits per heavy atom. The first kappa shape index (κ1) is 19.8. The predicted octanol–water partition coefficient (Wildman–Crippen LogP) is 4.38. The molecule has 26 heavy (non-hydrogen) atoms. The number of rotatable bonds is 8. The fourth-order valence-corrected chi connectivity index (χ4v) is 2.48. The van der Waals surface area contributed by atoms with Crippen molar-refractivity contribution in [2.24, 2.45) is 0 Å². The van der Waals surface area contributed by atoms with E-state index in [9.17, 15) is 9.59 Å². The van der Waals surface area contributed by atoms with Gasteiger partial charge in [-0.25, -0.2) is 0 Å². The number of halogens is 1. The van der Waals surface area contributed by atoms with E-state index in [-0.39, 0.29) is 12.3 Å². The van der Waals surface area contributed by atoms with Crippen LogP contribution in [-0.2, 0) is 14.3 Å². The molecule has 0 radical (unpaired) electrons. The van der Waals surface area contributed by atoms with E-state index in [0.29, 0.717) is 23.7 Å². The summed E-state index contributed by atoms with van der Waals surface area (Å²) in [5.74, 6) is -0.0619. The highest BCUT2D eigenvalue weighted by molar-refractivity contribution is 6.30. The molecule has 6 heteroatoms. The number of para-hydroxylation sites is 1. The van der Waals surface area contributed by atoms with Crippen LogP contribution in [0.3, 0.4) is 0 Å². The number of hydrogen-bond acceptors (Lipinski definition) is 4. The maximum atomic E-state index is 12.0. The number of anilines is 1. The zero-order chi connectivity index (χ0) is 18.9. The van der Waals surface area contributed by atoms with Crippen molar-refractivity contribution in [1.82, 2.24) is 0 Å². The fraction of sp³-hybridized carbons (Fsp3) is 0.300. The monoisotopic (exact) mass is 375 g/mol. The van der Waals surface area contributed by atoms with E-state index in [1.165, 1.54) is 0 Å². The van der Waals surface area contributed by atoms with Crippen molar-refractivity contribution in [1.29, 1.82) is 0 Å². The summed E-state index contributed by atoms with van der Waals surface area (Å²) in [5.41, 5.74) is 1.60. The van der Waals surface area contributed by atoms with E-state index in [4.69, 9.17) is 21.1 Å². The van der Waals surface area contributed by atoms with E-state index < -0.39 is 12.1 Å². The zero-order valence-electron chi connectivity index (χ0n) is 14.8. The summed E-state index contributed by atoms with van der Waals surface area (Å²) in [6.45, 7) is 3.83. The molecule has 0 fully saturated rings. The maximum absolute atomic E-state index is 12.0. The van der Waals surface area contributed by atoms with Crippen LogP contribution in [0.15, 0.2) is 48.5 Å². The standard InChI is InChI=1S/C20H22ClNO4/c1-14-13-16(21)10-11-18(14)25-12-6-9-19(23)26-15(2)20(24)22-17-7-4-3-5-8-17/h3-5,7-8,10-11,13,15H,6,9,12H2,1-2H3,(H,22,24)/t15-/m0/s1. The number of amides is 1. The number of carbonyl (C=O) groups excluding carboxylic acids is 2. The Hall–Kier alpha value is -2.53. The highest BCUT2D eigenvalue weighted by atomic mass is 35.5. The Balaban J connectivity index is 1.68. The van der Waals surface area contributed by atoms with Crippen LogP contribution < -0.4 is 10.1 Å². The van der Waals surface area contributed by atoms with E-state index in [0.717, 1.165) is 11.3 Å². The van der Waals surface area contributed by atoms with Crippen molar-refractivity contribution in [2.45, 2.75) is 32.8 Å². The van der Waals surface area contributed by atoms with Gasteiger partial charge in [-0.1, -0.05) is 29.8 Å². The molecule has 2 aromatic rings. The SMILES string of the molecule is Cc1cc(Cl)ccc1OCCCC(=O)O[C@@H](C)C(=O)Nc1ccccc1. The molecule has 0 bridgehead atoms. The lowest BCUT2D eigenvalue weighted by molar-refractivity contribution is -0.153. The molecule has 1 N–H and O–H groups in total. The molecule has 1 amide bonds. The molecular weight excluding hydrogens is 354 g/mol. The molecule has 0 spiro atoms. The third-order valence-corrected chi connectivity index (χ3v) is 3.87. The molecule has 138 valence electrons. The van der Waals surface area contributed by atoms with Crippen LogP contribution in [-0.4, -0.2) is 24.6 Å². The van der Waals surface area contributed by atoms with Gasteiger partial charge >= 0.3 is 5.97 Å². The summed E-state index contributed by atoms with van der Waals surface area (Å²) in [4.78, 5) is 23.9. The Morgan fingerprint density at radius 3 is 2.58 bits per heavy atom. The molecular formula is C20H22ClNO4. The van der Waals surface area contributed by atoms with E-state index >= 15 is 0 Å². The predicted molar refractivity (Wildman–Crippen MR) is 102 cm³/mol. The lowest BCUT2D eigenvalue weighted by Crippen LogP contribution is -2.30. The summed E-state index contributed by atoms with van der Waals surface area (Å²) in [6.07, 6.45) is -0.189. The first-order chi connectivity index (χ1) is 12.5. The maximum Gasteiger partial charge on any atom is 0.306 e. The molecule has 1 atom stereocenters. The average molecular weight is 376 g/mol. The van der Waals surface area contributed by atoms with Crippen molar-refractivity contribution in [3.05, 3.63) is 59.1 Å². The molecule has 0 unspecified atom stereocenters. The van der Waals surface area contributed by atoms with Crippen LogP contribution in [0.1, 0.15) is 25.3 Å². The Bertz CT molecular complexity index is 749. The molecule has 5 nitrogen and oxygen atoms in total. The second-order valence-electron chi connectivity index (χ2n) is 5.85. The van der Waals surface area contributed by atoms with Crippen molar-refractivity contribution in [3.8, 4) is 5.75 Å². The van der Waals surface area contributed by atoms with Crippen LogP contribution in [0.2, 0.25) is 5.02 Å². The molecule has 0 aliphatic heterocycles. The van der Waals surface area contributed by atoms with Crippen molar-refractivity contribution in [2.75, 3.05) is 11.9 Å². The fourth-order valence-electron chi connectivity index (χ4n) is 2.25. The van der Waals surface area contributed by atoms with Gasteiger partial charge in [0.25, 0.3) is 5.91 Å². The minimum Gasteiger partial charge on any atom is -0.493 e. The largest absolute Gasteiger partial charge is 0.493 e.